The standard InChI is InChI=1S/C31H39F4N3O2/c1-21-23(14-11-15-25(21)32)26-24(28(39)22-12-5-4-6-13-22)20-38(19-8-7-16-36(2)3)29(31(33,34)35)27(26)30(40)37-17-9-10-18-37/h4-6,11-15,24,26-27,29H,7-10,16-20H2,1-3H3/t24-,26+,27-,29-/m0/s1. The minimum absolute atomic E-state index is 0.106. The van der Waals surface area contributed by atoms with Crippen LogP contribution in [0.1, 0.15) is 53.1 Å². The van der Waals surface area contributed by atoms with E-state index >= 15 is 13.2 Å². The minimum Gasteiger partial charge on any atom is -0.342 e. The van der Waals surface area contributed by atoms with Crippen LogP contribution in [0.2, 0.25) is 0 Å². The minimum atomic E-state index is -4.72. The van der Waals surface area contributed by atoms with Crippen LogP contribution in [0, 0.1) is 24.6 Å². The third kappa shape index (κ3) is 6.57. The Labute approximate surface area is 234 Å². The molecule has 5 nitrogen and oxygen atoms in total. The molecular weight excluding hydrogens is 522 g/mol. The van der Waals surface area contributed by atoms with Crippen LogP contribution < -0.4 is 0 Å². The molecular formula is C31H39F4N3O2. The second-order valence-electron chi connectivity index (χ2n) is 11.4. The molecule has 4 atom stereocenters. The molecule has 2 saturated heterocycles. The summed E-state index contributed by atoms with van der Waals surface area (Å²) in [6.07, 6.45) is -2.10. The molecule has 0 aromatic heterocycles. The van der Waals surface area contributed by atoms with Gasteiger partial charge in [-0.25, -0.2) is 4.39 Å². The van der Waals surface area contributed by atoms with Crippen molar-refractivity contribution >= 4 is 11.7 Å². The van der Waals surface area contributed by atoms with Crippen molar-refractivity contribution in [2.45, 2.75) is 50.7 Å². The molecule has 218 valence electrons. The number of carbonyl (C=O) groups excluding carboxylic acids is 2. The van der Waals surface area contributed by atoms with Gasteiger partial charge in [0.1, 0.15) is 11.9 Å². The number of unbranched alkanes of at least 4 members (excludes halogenated alkanes) is 1. The van der Waals surface area contributed by atoms with Crippen LogP contribution in [0.5, 0.6) is 0 Å². The number of alkyl halides is 3. The fraction of sp³-hybridized carbons (Fsp3) is 0.548. The highest BCUT2D eigenvalue weighted by Gasteiger charge is 2.60. The van der Waals surface area contributed by atoms with Crippen molar-refractivity contribution < 1.29 is 27.2 Å². The van der Waals surface area contributed by atoms with Gasteiger partial charge in [0.2, 0.25) is 5.91 Å². The maximum absolute atomic E-state index is 15.1. The molecule has 0 unspecified atom stereocenters. The van der Waals surface area contributed by atoms with Crippen LogP contribution in [0.3, 0.4) is 0 Å². The van der Waals surface area contributed by atoms with Crippen molar-refractivity contribution in [3.05, 3.63) is 71.0 Å². The van der Waals surface area contributed by atoms with Gasteiger partial charge in [0.25, 0.3) is 0 Å². The lowest BCUT2D eigenvalue weighted by Crippen LogP contribution is -2.63. The maximum atomic E-state index is 15.1. The summed E-state index contributed by atoms with van der Waals surface area (Å²) in [5.74, 6) is -5.14. The molecule has 2 heterocycles. The summed E-state index contributed by atoms with van der Waals surface area (Å²) in [5, 5.41) is 0. The molecule has 2 aliphatic rings. The highest BCUT2D eigenvalue weighted by Crippen LogP contribution is 2.49. The first kappa shape index (κ1) is 30.2. The van der Waals surface area contributed by atoms with Crippen molar-refractivity contribution in [3.63, 3.8) is 0 Å². The quantitative estimate of drug-likeness (QED) is 0.229. The molecule has 0 spiro atoms. The average Bonchev–Trinajstić information content (AvgIpc) is 3.46. The Bertz CT molecular complexity index is 1160. The SMILES string of the molecule is Cc1c(F)cccc1[C@H]1[C@H](C(=O)N2CCCC2)[C@@H](C(F)(F)F)N(CCCCN(C)C)C[C@@H]1C(=O)c1ccccc1. The van der Waals surface area contributed by atoms with Gasteiger partial charge in [-0.15, -0.1) is 0 Å². The van der Waals surface area contributed by atoms with E-state index in [1.807, 2.05) is 19.0 Å². The fourth-order valence-corrected chi connectivity index (χ4v) is 6.43. The average molecular weight is 562 g/mol. The van der Waals surface area contributed by atoms with Gasteiger partial charge in [-0.2, -0.15) is 13.2 Å². The number of benzene rings is 2. The highest BCUT2D eigenvalue weighted by atomic mass is 19.4. The van der Waals surface area contributed by atoms with E-state index in [9.17, 15) is 14.0 Å². The molecule has 2 aromatic carbocycles. The first-order chi connectivity index (χ1) is 19.0. The zero-order chi connectivity index (χ0) is 29.0. The number of halogens is 4. The van der Waals surface area contributed by atoms with E-state index in [-0.39, 0.29) is 24.4 Å². The molecule has 40 heavy (non-hydrogen) atoms. The summed E-state index contributed by atoms with van der Waals surface area (Å²) in [6.45, 7) is 2.95. The third-order valence-electron chi connectivity index (χ3n) is 8.39. The number of hydrogen-bond donors (Lipinski definition) is 0. The summed E-state index contributed by atoms with van der Waals surface area (Å²) in [7, 11) is 3.81. The molecule has 1 amide bonds. The Hall–Kier alpha value is -2.78. The molecule has 2 fully saturated rings. The number of piperidine rings is 1. The fourth-order valence-electron chi connectivity index (χ4n) is 6.43. The van der Waals surface area contributed by atoms with Gasteiger partial charge in [0, 0.05) is 37.0 Å². The smallest absolute Gasteiger partial charge is 0.342 e. The van der Waals surface area contributed by atoms with E-state index in [2.05, 4.69) is 0 Å². The van der Waals surface area contributed by atoms with Gasteiger partial charge in [-0.05, 0) is 77.0 Å². The van der Waals surface area contributed by atoms with E-state index < -0.39 is 41.7 Å². The van der Waals surface area contributed by atoms with Crippen LogP contribution in [0.25, 0.3) is 0 Å². The number of rotatable bonds is 9. The van der Waals surface area contributed by atoms with Crippen molar-refractivity contribution in [2.24, 2.45) is 11.8 Å². The summed E-state index contributed by atoms with van der Waals surface area (Å²) < 4.78 is 60.1. The summed E-state index contributed by atoms with van der Waals surface area (Å²) in [6, 6.07) is 10.7. The number of Topliss-reactive ketones (excluding diaryl/α,β-unsaturated/α-hetero) is 1. The maximum Gasteiger partial charge on any atom is 0.404 e. The van der Waals surface area contributed by atoms with Crippen molar-refractivity contribution in [1.29, 1.82) is 0 Å². The van der Waals surface area contributed by atoms with Crippen molar-refractivity contribution in [2.75, 3.05) is 46.8 Å². The van der Waals surface area contributed by atoms with Gasteiger partial charge < -0.3 is 9.80 Å². The summed E-state index contributed by atoms with van der Waals surface area (Å²) in [5.41, 5.74) is 0.850. The largest absolute Gasteiger partial charge is 0.404 e. The molecule has 0 N–H and O–H groups in total. The number of hydrogen-bond acceptors (Lipinski definition) is 4. The summed E-state index contributed by atoms with van der Waals surface area (Å²) in [4.78, 5) is 32.9. The Balaban J connectivity index is 1.86. The molecule has 0 saturated carbocycles. The first-order valence-corrected chi connectivity index (χ1v) is 14.1. The van der Waals surface area contributed by atoms with Crippen LogP contribution in [-0.2, 0) is 4.79 Å². The van der Waals surface area contributed by atoms with E-state index in [1.165, 1.54) is 28.9 Å². The van der Waals surface area contributed by atoms with Crippen LogP contribution in [-0.4, -0.2) is 85.4 Å². The Kier molecular flexibility index (Phi) is 9.67. The lowest BCUT2D eigenvalue weighted by Gasteiger charge is -2.50. The normalized spacial score (nSPS) is 24.1. The zero-order valence-electron chi connectivity index (χ0n) is 23.5. The van der Waals surface area contributed by atoms with E-state index in [4.69, 9.17) is 0 Å². The number of amides is 1. The number of ketones is 1. The Morgan fingerprint density at radius 2 is 1.65 bits per heavy atom. The van der Waals surface area contributed by atoms with Gasteiger partial charge >= 0.3 is 6.18 Å². The predicted octanol–water partition coefficient (Wildman–Crippen LogP) is 5.54. The number of carbonyl (C=O) groups is 2. The van der Waals surface area contributed by atoms with E-state index in [0.29, 0.717) is 37.1 Å². The van der Waals surface area contributed by atoms with E-state index in [1.54, 1.807) is 36.4 Å². The molecule has 2 aromatic rings. The molecule has 2 aliphatic heterocycles. The van der Waals surface area contributed by atoms with Crippen molar-refractivity contribution in [1.82, 2.24) is 14.7 Å². The molecule has 0 radical (unpaired) electrons. The Morgan fingerprint density at radius 3 is 2.27 bits per heavy atom. The van der Waals surface area contributed by atoms with Gasteiger partial charge in [-0.1, -0.05) is 42.5 Å². The number of likely N-dealkylation sites (tertiary alicyclic amines) is 2. The summed E-state index contributed by atoms with van der Waals surface area (Å²) >= 11 is 0. The predicted molar refractivity (Wildman–Crippen MR) is 147 cm³/mol. The van der Waals surface area contributed by atoms with Crippen LogP contribution >= 0.6 is 0 Å². The van der Waals surface area contributed by atoms with Crippen LogP contribution in [0.15, 0.2) is 48.5 Å². The monoisotopic (exact) mass is 561 g/mol. The lowest BCUT2D eigenvalue weighted by atomic mass is 9.66. The van der Waals surface area contributed by atoms with Gasteiger partial charge in [-0.3, -0.25) is 14.5 Å². The topological polar surface area (TPSA) is 43.9 Å². The molecule has 9 heteroatoms. The first-order valence-electron chi connectivity index (χ1n) is 14.1. The third-order valence-corrected chi connectivity index (χ3v) is 8.39. The highest BCUT2D eigenvalue weighted by molar-refractivity contribution is 5.99. The number of nitrogens with zero attached hydrogens (tertiary/aromatic N) is 3. The van der Waals surface area contributed by atoms with Crippen molar-refractivity contribution in [3.8, 4) is 0 Å². The van der Waals surface area contributed by atoms with Gasteiger partial charge in [0.05, 0.1) is 5.92 Å². The van der Waals surface area contributed by atoms with Crippen LogP contribution in [0.4, 0.5) is 17.6 Å². The molecule has 0 bridgehead atoms. The molecule has 4 rings (SSSR count). The zero-order valence-corrected chi connectivity index (χ0v) is 23.5. The second kappa shape index (κ2) is 12.8. The van der Waals surface area contributed by atoms with Gasteiger partial charge in [0.15, 0.2) is 5.78 Å². The Morgan fingerprint density at radius 1 is 0.975 bits per heavy atom. The lowest BCUT2D eigenvalue weighted by molar-refractivity contribution is -0.214. The van der Waals surface area contributed by atoms with E-state index in [0.717, 1.165) is 19.4 Å². The molecule has 0 aliphatic carbocycles. The second-order valence-corrected chi connectivity index (χ2v) is 11.4.